The number of aromatic carboxylic acids is 1. The lowest BCUT2D eigenvalue weighted by Crippen LogP contribution is -2.38. The average Bonchev–Trinajstić information content (AvgIpc) is 3.24. The van der Waals surface area contributed by atoms with Crippen molar-refractivity contribution in [3.63, 3.8) is 0 Å². The van der Waals surface area contributed by atoms with E-state index in [9.17, 15) is 9.59 Å². The van der Waals surface area contributed by atoms with E-state index >= 15 is 0 Å². The summed E-state index contributed by atoms with van der Waals surface area (Å²) in [4.78, 5) is 34.0. The molecule has 1 unspecified atom stereocenters. The topological polar surface area (TPSA) is 109 Å². The first-order chi connectivity index (χ1) is 13.6. The molecular formula is C20H18N4O4. The van der Waals surface area contributed by atoms with E-state index in [1.54, 1.807) is 4.90 Å². The largest absolute Gasteiger partial charge is 0.477 e. The number of amides is 1. The second-order valence-corrected chi connectivity index (χ2v) is 6.57. The molecule has 1 amide bonds. The number of pyridine rings is 1. The van der Waals surface area contributed by atoms with Crippen molar-refractivity contribution in [2.75, 3.05) is 6.54 Å². The fraction of sp³-hybridized carbons (Fsp3) is 0.250. The maximum Gasteiger partial charge on any atom is 0.354 e. The van der Waals surface area contributed by atoms with Gasteiger partial charge in [0.2, 0.25) is 11.7 Å². The summed E-state index contributed by atoms with van der Waals surface area (Å²) in [6.07, 6.45) is 3.85. The van der Waals surface area contributed by atoms with Crippen molar-refractivity contribution in [2.24, 2.45) is 0 Å². The second kappa shape index (κ2) is 7.59. The molecule has 0 bridgehead atoms. The Hall–Kier alpha value is -3.55. The molecule has 0 spiro atoms. The summed E-state index contributed by atoms with van der Waals surface area (Å²) in [5, 5.41) is 13.0. The number of benzene rings is 1. The highest BCUT2D eigenvalue weighted by atomic mass is 16.5. The van der Waals surface area contributed by atoms with Crippen LogP contribution in [0.4, 0.5) is 0 Å². The monoisotopic (exact) mass is 378 g/mol. The maximum absolute atomic E-state index is 13.0. The molecule has 1 aromatic carbocycles. The quantitative estimate of drug-likeness (QED) is 0.742. The summed E-state index contributed by atoms with van der Waals surface area (Å²) in [6.45, 7) is 0.563. The van der Waals surface area contributed by atoms with Crippen LogP contribution in [0.15, 0.2) is 53.2 Å². The summed E-state index contributed by atoms with van der Waals surface area (Å²) in [5.41, 5.74) is 1.08. The van der Waals surface area contributed by atoms with E-state index in [0.717, 1.165) is 24.8 Å². The van der Waals surface area contributed by atoms with E-state index in [-0.39, 0.29) is 17.6 Å². The van der Waals surface area contributed by atoms with E-state index in [1.165, 1.54) is 18.3 Å². The minimum absolute atomic E-state index is 0.101. The lowest BCUT2D eigenvalue weighted by Gasteiger charge is -2.33. The van der Waals surface area contributed by atoms with Crippen LogP contribution in [0, 0.1) is 0 Å². The predicted octanol–water partition coefficient (Wildman–Crippen LogP) is 3.20. The molecule has 8 nitrogen and oxygen atoms in total. The average molecular weight is 378 g/mol. The molecule has 3 heterocycles. The van der Waals surface area contributed by atoms with E-state index in [1.807, 2.05) is 30.3 Å². The highest BCUT2D eigenvalue weighted by Gasteiger charge is 2.33. The van der Waals surface area contributed by atoms with Crippen molar-refractivity contribution >= 4 is 11.9 Å². The van der Waals surface area contributed by atoms with Crippen LogP contribution in [0.5, 0.6) is 0 Å². The minimum Gasteiger partial charge on any atom is -0.477 e. The van der Waals surface area contributed by atoms with Crippen molar-refractivity contribution in [1.29, 1.82) is 0 Å². The number of nitrogens with zero attached hydrogens (tertiary/aromatic N) is 4. The molecule has 1 saturated heterocycles. The summed E-state index contributed by atoms with van der Waals surface area (Å²) >= 11 is 0. The van der Waals surface area contributed by atoms with Crippen molar-refractivity contribution in [2.45, 2.75) is 25.3 Å². The number of piperidine rings is 1. The van der Waals surface area contributed by atoms with Crippen molar-refractivity contribution in [3.05, 3.63) is 65.8 Å². The van der Waals surface area contributed by atoms with Crippen LogP contribution < -0.4 is 0 Å². The molecule has 1 aliphatic rings. The molecular weight excluding hydrogens is 360 g/mol. The molecule has 1 N–H and O–H groups in total. The van der Waals surface area contributed by atoms with Gasteiger partial charge in [-0.3, -0.25) is 4.79 Å². The van der Waals surface area contributed by atoms with Crippen LogP contribution in [0.1, 0.15) is 52.0 Å². The molecule has 142 valence electrons. The van der Waals surface area contributed by atoms with Gasteiger partial charge in [-0.25, -0.2) is 9.78 Å². The van der Waals surface area contributed by atoms with Gasteiger partial charge in [-0.15, -0.1) is 0 Å². The number of aromatic nitrogens is 3. The molecule has 2 aromatic heterocycles. The van der Waals surface area contributed by atoms with Gasteiger partial charge >= 0.3 is 5.97 Å². The molecule has 4 rings (SSSR count). The number of hydrogen-bond acceptors (Lipinski definition) is 6. The van der Waals surface area contributed by atoms with E-state index in [0.29, 0.717) is 23.8 Å². The summed E-state index contributed by atoms with van der Waals surface area (Å²) in [5.74, 6) is -0.467. The number of hydrogen-bond donors (Lipinski definition) is 1. The standard InChI is InChI=1S/C20H18N4O4/c25-19(14-9-10-15(20(26)27)21-12-14)24-11-5-4-8-16(24)18-22-17(23-28-18)13-6-2-1-3-7-13/h1-3,6-7,9-10,12,16H,4-5,8,11H2,(H,26,27). The molecule has 8 heteroatoms. The Morgan fingerprint density at radius 1 is 1.11 bits per heavy atom. The highest BCUT2D eigenvalue weighted by molar-refractivity contribution is 5.95. The van der Waals surface area contributed by atoms with Gasteiger partial charge in [0, 0.05) is 18.3 Å². The fourth-order valence-electron chi connectivity index (χ4n) is 3.32. The van der Waals surface area contributed by atoms with Crippen LogP contribution in [-0.4, -0.2) is 43.6 Å². The Labute approximate surface area is 160 Å². The van der Waals surface area contributed by atoms with Crippen LogP contribution in [0.3, 0.4) is 0 Å². The number of rotatable bonds is 4. The second-order valence-electron chi connectivity index (χ2n) is 6.57. The van der Waals surface area contributed by atoms with E-state index < -0.39 is 5.97 Å². The fourth-order valence-corrected chi connectivity index (χ4v) is 3.32. The van der Waals surface area contributed by atoms with Gasteiger partial charge in [0.15, 0.2) is 0 Å². The van der Waals surface area contributed by atoms with Crippen LogP contribution in [0.2, 0.25) is 0 Å². The lowest BCUT2D eigenvalue weighted by atomic mass is 10.0. The smallest absolute Gasteiger partial charge is 0.354 e. The Kier molecular flexibility index (Phi) is 4.84. The van der Waals surface area contributed by atoms with Gasteiger partial charge in [-0.1, -0.05) is 35.5 Å². The van der Waals surface area contributed by atoms with Gasteiger partial charge in [0.1, 0.15) is 11.7 Å². The minimum atomic E-state index is -1.13. The van der Waals surface area contributed by atoms with Gasteiger partial charge < -0.3 is 14.5 Å². The zero-order valence-corrected chi connectivity index (χ0v) is 15.0. The Balaban J connectivity index is 1.59. The summed E-state index contributed by atoms with van der Waals surface area (Å²) in [7, 11) is 0. The number of carbonyl (C=O) groups is 2. The number of likely N-dealkylation sites (tertiary alicyclic amines) is 1. The van der Waals surface area contributed by atoms with Crippen molar-refractivity contribution in [3.8, 4) is 11.4 Å². The van der Waals surface area contributed by atoms with Gasteiger partial charge in [-0.2, -0.15) is 4.98 Å². The summed E-state index contributed by atoms with van der Waals surface area (Å²) in [6, 6.07) is 12.0. The third-order valence-electron chi connectivity index (χ3n) is 4.75. The van der Waals surface area contributed by atoms with E-state index in [4.69, 9.17) is 9.63 Å². The van der Waals surface area contributed by atoms with Crippen LogP contribution in [-0.2, 0) is 0 Å². The molecule has 1 fully saturated rings. The van der Waals surface area contributed by atoms with Crippen LogP contribution >= 0.6 is 0 Å². The zero-order valence-electron chi connectivity index (χ0n) is 15.0. The van der Waals surface area contributed by atoms with Crippen molar-refractivity contribution < 1.29 is 19.2 Å². The molecule has 1 atom stereocenters. The normalized spacial score (nSPS) is 16.7. The zero-order chi connectivity index (χ0) is 19.5. The number of carbonyl (C=O) groups excluding carboxylic acids is 1. The Bertz CT molecular complexity index is 985. The SMILES string of the molecule is O=C(O)c1ccc(C(=O)N2CCCCC2c2nc(-c3ccccc3)no2)cn1. The highest BCUT2D eigenvalue weighted by Crippen LogP contribution is 2.32. The first-order valence-electron chi connectivity index (χ1n) is 9.03. The maximum atomic E-state index is 13.0. The molecule has 0 aliphatic carbocycles. The van der Waals surface area contributed by atoms with Crippen molar-refractivity contribution in [1.82, 2.24) is 20.0 Å². The molecule has 28 heavy (non-hydrogen) atoms. The van der Waals surface area contributed by atoms with Gasteiger partial charge in [0.05, 0.1) is 5.56 Å². The predicted molar refractivity (Wildman–Crippen MR) is 98.6 cm³/mol. The third-order valence-corrected chi connectivity index (χ3v) is 4.75. The molecule has 0 saturated carbocycles. The van der Waals surface area contributed by atoms with Crippen LogP contribution in [0.25, 0.3) is 11.4 Å². The first kappa shape index (κ1) is 17.8. The third kappa shape index (κ3) is 3.48. The first-order valence-corrected chi connectivity index (χ1v) is 9.03. The lowest BCUT2D eigenvalue weighted by molar-refractivity contribution is 0.0559. The Morgan fingerprint density at radius 3 is 2.64 bits per heavy atom. The summed E-state index contributed by atoms with van der Waals surface area (Å²) < 4.78 is 5.48. The number of carboxylic acids is 1. The Morgan fingerprint density at radius 2 is 1.93 bits per heavy atom. The van der Waals surface area contributed by atoms with Gasteiger partial charge in [-0.05, 0) is 31.4 Å². The number of carboxylic acid groups (broad SMARTS) is 1. The molecule has 3 aromatic rings. The molecule has 0 radical (unpaired) electrons. The van der Waals surface area contributed by atoms with Gasteiger partial charge in [0.25, 0.3) is 5.91 Å². The molecule has 1 aliphatic heterocycles. The van der Waals surface area contributed by atoms with E-state index in [2.05, 4.69) is 15.1 Å².